The maximum atomic E-state index is 11.9. The Kier molecular flexibility index (Phi) is 5.14. The molecule has 0 atom stereocenters. The van der Waals surface area contributed by atoms with Crippen LogP contribution in [0.1, 0.15) is 10.4 Å². The van der Waals surface area contributed by atoms with Crippen molar-refractivity contribution in [2.24, 2.45) is 0 Å². The number of hydrazine groups is 1. The zero-order chi connectivity index (χ0) is 17.6. The van der Waals surface area contributed by atoms with Gasteiger partial charge in [-0.2, -0.15) is 4.80 Å². The van der Waals surface area contributed by atoms with Crippen LogP contribution in [0.3, 0.4) is 0 Å². The summed E-state index contributed by atoms with van der Waals surface area (Å²) in [6.45, 7) is -0.168. The highest BCUT2D eigenvalue weighted by Gasteiger charge is 2.11. The van der Waals surface area contributed by atoms with Gasteiger partial charge in [-0.3, -0.25) is 20.4 Å². The van der Waals surface area contributed by atoms with E-state index in [0.717, 1.165) is 14.8 Å². The van der Waals surface area contributed by atoms with Gasteiger partial charge < -0.3 is 0 Å². The molecule has 1 aromatic heterocycles. The summed E-state index contributed by atoms with van der Waals surface area (Å²) in [6.07, 6.45) is 0. The molecule has 0 aliphatic carbocycles. The Bertz CT molecular complexity index is 896. The van der Waals surface area contributed by atoms with Crippen molar-refractivity contribution < 1.29 is 9.59 Å². The van der Waals surface area contributed by atoms with E-state index < -0.39 is 11.8 Å². The molecule has 0 saturated heterocycles. The monoisotopic (exact) mass is 400 g/mol. The molecule has 0 aliphatic heterocycles. The molecule has 0 bridgehead atoms. The summed E-state index contributed by atoms with van der Waals surface area (Å²) < 4.78 is 0.770. The van der Waals surface area contributed by atoms with Crippen LogP contribution in [0.25, 0.3) is 11.4 Å². The molecular weight excluding hydrogens is 388 g/mol. The van der Waals surface area contributed by atoms with E-state index in [0.29, 0.717) is 11.4 Å². The van der Waals surface area contributed by atoms with Crippen molar-refractivity contribution in [3.8, 4) is 11.4 Å². The van der Waals surface area contributed by atoms with E-state index in [-0.39, 0.29) is 6.54 Å². The van der Waals surface area contributed by atoms with Crippen molar-refractivity contribution in [3.05, 3.63) is 64.6 Å². The third-order valence-electron chi connectivity index (χ3n) is 3.17. The number of tetrazole rings is 1. The number of amides is 2. The van der Waals surface area contributed by atoms with Crippen LogP contribution in [0.5, 0.6) is 0 Å². The zero-order valence-corrected chi connectivity index (χ0v) is 14.5. The summed E-state index contributed by atoms with van der Waals surface area (Å²) in [6, 6.07) is 16.1. The number of nitrogens with one attached hydrogen (secondary N) is 2. The quantitative estimate of drug-likeness (QED) is 0.647. The number of nitrogens with zero attached hydrogens (tertiary/aromatic N) is 4. The largest absolute Gasteiger partial charge is 0.271 e. The van der Waals surface area contributed by atoms with Crippen molar-refractivity contribution in [2.75, 3.05) is 0 Å². The molecule has 9 heteroatoms. The third-order valence-corrected chi connectivity index (χ3v) is 3.67. The Morgan fingerprint density at radius 3 is 2.60 bits per heavy atom. The molecule has 2 amide bonds. The number of carbonyl (C=O) groups is 2. The molecule has 0 radical (unpaired) electrons. The maximum absolute atomic E-state index is 11.9. The van der Waals surface area contributed by atoms with Gasteiger partial charge in [-0.1, -0.05) is 52.3 Å². The van der Waals surface area contributed by atoms with Gasteiger partial charge in [-0.25, -0.2) is 0 Å². The molecule has 0 unspecified atom stereocenters. The highest BCUT2D eigenvalue weighted by Crippen LogP contribution is 2.12. The Labute approximate surface area is 151 Å². The fourth-order valence-corrected chi connectivity index (χ4v) is 2.41. The number of halogens is 1. The summed E-state index contributed by atoms with van der Waals surface area (Å²) in [5.74, 6) is -0.474. The molecule has 8 nitrogen and oxygen atoms in total. The van der Waals surface area contributed by atoms with Crippen LogP contribution in [-0.4, -0.2) is 32.0 Å². The van der Waals surface area contributed by atoms with E-state index >= 15 is 0 Å². The van der Waals surface area contributed by atoms with Gasteiger partial charge >= 0.3 is 0 Å². The van der Waals surface area contributed by atoms with Crippen molar-refractivity contribution in [3.63, 3.8) is 0 Å². The van der Waals surface area contributed by atoms with Crippen LogP contribution < -0.4 is 10.9 Å². The molecule has 0 saturated carbocycles. The summed E-state index contributed by atoms with van der Waals surface area (Å²) in [4.78, 5) is 25.0. The predicted octanol–water partition coefficient (Wildman–Crippen LogP) is 1.56. The molecule has 3 aromatic rings. The highest BCUT2D eigenvalue weighted by molar-refractivity contribution is 9.10. The molecule has 2 N–H and O–H groups in total. The fourth-order valence-electron chi connectivity index (χ4n) is 2.01. The fraction of sp³-hybridized carbons (Fsp3) is 0.0625. The van der Waals surface area contributed by atoms with E-state index in [1.54, 1.807) is 24.3 Å². The topological polar surface area (TPSA) is 102 Å². The van der Waals surface area contributed by atoms with Crippen molar-refractivity contribution in [2.45, 2.75) is 6.54 Å². The lowest BCUT2D eigenvalue weighted by molar-refractivity contribution is -0.122. The number of rotatable bonds is 4. The molecule has 0 spiro atoms. The average Bonchev–Trinajstić information content (AvgIpc) is 3.09. The van der Waals surface area contributed by atoms with Crippen molar-refractivity contribution >= 4 is 27.7 Å². The van der Waals surface area contributed by atoms with Crippen LogP contribution in [0.15, 0.2) is 59.1 Å². The van der Waals surface area contributed by atoms with Gasteiger partial charge in [0.1, 0.15) is 6.54 Å². The lowest BCUT2D eigenvalue weighted by atomic mass is 10.2. The number of benzene rings is 2. The Hall–Kier alpha value is -3.07. The summed E-state index contributed by atoms with van der Waals surface area (Å²) in [5.41, 5.74) is 5.87. The zero-order valence-electron chi connectivity index (χ0n) is 12.9. The summed E-state index contributed by atoms with van der Waals surface area (Å²) in [5, 5.41) is 11.9. The van der Waals surface area contributed by atoms with Gasteiger partial charge in [-0.05, 0) is 23.4 Å². The lowest BCUT2D eigenvalue weighted by Crippen LogP contribution is -2.43. The molecule has 1 heterocycles. The van der Waals surface area contributed by atoms with Crippen LogP contribution in [-0.2, 0) is 11.3 Å². The first-order valence-electron chi connectivity index (χ1n) is 7.30. The van der Waals surface area contributed by atoms with Crippen molar-refractivity contribution in [1.82, 2.24) is 31.1 Å². The summed E-state index contributed by atoms with van der Waals surface area (Å²) in [7, 11) is 0. The minimum Gasteiger partial charge on any atom is -0.271 e. The number of aromatic nitrogens is 4. The van der Waals surface area contributed by atoms with E-state index in [2.05, 4.69) is 42.2 Å². The second-order valence-electron chi connectivity index (χ2n) is 5.02. The van der Waals surface area contributed by atoms with Crippen LogP contribution in [0.4, 0.5) is 0 Å². The number of carbonyl (C=O) groups excluding carboxylic acids is 2. The lowest BCUT2D eigenvalue weighted by Gasteiger charge is -2.07. The van der Waals surface area contributed by atoms with E-state index in [9.17, 15) is 9.59 Å². The van der Waals surface area contributed by atoms with Gasteiger partial charge in [-0.15, -0.1) is 10.2 Å². The number of hydrogen-bond donors (Lipinski definition) is 2. The molecule has 0 aliphatic rings. The van der Waals surface area contributed by atoms with Gasteiger partial charge in [0.25, 0.3) is 11.8 Å². The van der Waals surface area contributed by atoms with Gasteiger partial charge in [0.2, 0.25) is 5.82 Å². The summed E-state index contributed by atoms with van der Waals surface area (Å²) >= 11 is 3.28. The van der Waals surface area contributed by atoms with Gasteiger partial charge in [0, 0.05) is 15.6 Å². The minimum atomic E-state index is -0.472. The number of hydrogen-bond acceptors (Lipinski definition) is 5. The standard InChI is InChI=1S/C16H13BrN6O2/c17-13-8-4-7-12(9-13)16(25)20-18-14(24)10-23-21-15(19-22-23)11-5-2-1-3-6-11/h1-9H,10H2,(H,18,24)(H,20,25). The first-order chi connectivity index (χ1) is 12.1. The molecule has 126 valence electrons. The Balaban J connectivity index is 1.55. The van der Waals surface area contributed by atoms with E-state index in [1.807, 2.05) is 30.3 Å². The SMILES string of the molecule is O=C(Cn1nnc(-c2ccccc2)n1)NNC(=O)c1cccc(Br)c1. The molecule has 25 heavy (non-hydrogen) atoms. The smallest absolute Gasteiger partial charge is 0.269 e. The Morgan fingerprint density at radius 2 is 1.84 bits per heavy atom. The van der Waals surface area contributed by atoms with Crippen LogP contribution >= 0.6 is 15.9 Å². The van der Waals surface area contributed by atoms with Crippen molar-refractivity contribution in [1.29, 1.82) is 0 Å². The second-order valence-corrected chi connectivity index (χ2v) is 5.94. The molecule has 3 rings (SSSR count). The van der Waals surface area contributed by atoms with Gasteiger partial charge in [0.15, 0.2) is 0 Å². The van der Waals surface area contributed by atoms with E-state index in [4.69, 9.17) is 0 Å². The highest BCUT2D eigenvalue weighted by atomic mass is 79.9. The normalized spacial score (nSPS) is 10.3. The third kappa shape index (κ3) is 4.48. The van der Waals surface area contributed by atoms with Crippen LogP contribution in [0, 0.1) is 0 Å². The first kappa shape index (κ1) is 16.8. The van der Waals surface area contributed by atoms with E-state index in [1.165, 1.54) is 0 Å². The average molecular weight is 401 g/mol. The first-order valence-corrected chi connectivity index (χ1v) is 8.09. The van der Waals surface area contributed by atoms with Crippen LogP contribution in [0.2, 0.25) is 0 Å². The predicted molar refractivity (Wildman–Crippen MR) is 93.0 cm³/mol. The second kappa shape index (κ2) is 7.67. The minimum absolute atomic E-state index is 0.168. The Morgan fingerprint density at radius 1 is 1.04 bits per heavy atom. The molecule has 0 fully saturated rings. The maximum Gasteiger partial charge on any atom is 0.269 e. The van der Waals surface area contributed by atoms with Gasteiger partial charge in [0.05, 0.1) is 0 Å². The molecular formula is C16H13BrN6O2. The molecule has 2 aromatic carbocycles.